The Morgan fingerprint density at radius 3 is 2.39 bits per heavy atom. The zero-order valence-electron chi connectivity index (χ0n) is 25.6. The molecule has 0 bridgehead atoms. The quantitative estimate of drug-likeness (QED) is 0.328. The van der Waals surface area contributed by atoms with Crippen LogP contribution >= 0.6 is 0 Å². The molecule has 2 amide bonds. The third-order valence-corrected chi connectivity index (χ3v) is 6.97. The van der Waals surface area contributed by atoms with Crippen molar-refractivity contribution < 1.29 is 28.5 Å². The summed E-state index contributed by atoms with van der Waals surface area (Å²) < 4.78 is 22.5. The fourth-order valence-electron chi connectivity index (χ4n) is 4.99. The standard InChI is InChI=1S/C32H47N3O6/c1-22(2)28-25(14-15-27(39-7)29(28)40-17-11-16-38-6)30(36)34-19-24-20-35(31(37)41-32(3,4)5)21-26(24)33-18-23-12-9-8-10-13-23/h8-10,12-15,22,24,26,33H,11,16-21H2,1-7H3,(H,34,36)/t24-,26-/m0/s1. The lowest BCUT2D eigenvalue weighted by atomic mass is 9.94. The molecule has 1 saturated heterocycles. The first-order valence-corrected chi connectivity index (χ1v) is 14.4. The van der Waals surface area contributed by atoms with E-state index >= 15 is 0 Å². The van der Waals surface area contributed by atoms with E-state index in [4.69, 9.17) is 18.9 Å². The molecule has 1 aliphatic heterocycles. The van der Waals surface area contributed by atoms with Crippen LogP contribution in [0.1, 0.15) is 68.4 Å². The van der Waals surface area contributed by atoms with E-state index in [1.54, 1.807) is 31.3 Å². The Balaban J connectivity index is 1.76. The molecule has 2 atom stereocenters. The van der Waals surface area contributed by atoms with Gasteiger partial charge in [-0.05, 0) is 44.4 Å². The summed E-state index contributed by atoms with van der Waals surface area (Å²) in [6, 6.07) is 13.7. The number of likely N-dealkylation sites (tertiary alicyclic amines) is 1. The molecule has 0 radical (unpaired) electrons. The Bertz CT molecular complexity index is 1130. The van der Waals surface area contributed by atoms with Crippen LogP contribution in [0.5, 0.6) is 11.5 Å². The van der Waals surface area contributed by atoms with Gasteiger partial charge in [0.05, 0.1) is 13.7 Å². The van der Waals surface area contributed by atoms with Crippen LogP contribution in [0.2, 0.25) is 0 Å². The maximum atomic E-state index is 13.6. The molecule has 2 aromatic carbocycles. The maximum absolute atomic E-state index is 13.6. The Labute approximate surface area is 244 Å². The highest BCUT2D eigenvalue weighted by Crippen LogP contribution is 2.38. The number of ether oxygens (including phenoxy) is 4. The van der Waals surface area contributed by atoms with Crippen LogP contribution in [0.4, 0.5) is 4.79 Å². The summed E-state index contributed by atoms with van der Waals surface area (Å²) >= 11 is 0. The summed E-state index contributed by atoms with van der Waals surface area (Å²) in [6.45, 7) is 12.7. The monoisotopic (exact) mass is 569 g/mol. The van der Waals surface area contributed by atoms with E-state index in [1.165, 1.54) is 0 Å². The molecule has 2 aromatic rings. The van der Waals surface area contributed by atoms with Crippen LogP contribution in [0.25, 0.3) is 0 Å². The van der Waals surface area contributed by atoms with Gasteiger partial charge in [0.15, 0.2) is 11.5 Å². The number of carbonyl (C=O) groups is 2. The molecule has 9 heteroatoms. The topological polar surface area (TPSA) is 98.4 Å². The second kappa shape index (κ2) is 15.1. The van der Waals surface area contributed by atoms with Crippen LogP contribution in [0, 0.1) is 5.92 Å². The van der Waals surface area contributed by atoms with Gasteiger partial charge in [0.25, 0.3) is 5.91 Å². The number of methoxy groups -OCH3 is 2. The van der Waals surface area contributed by atoms with Gasteiger partial charge in [0.1, 0.15) is 5.60 Å². The van der Waals surface area contributed by atoms with Gasteiger partial charge in [-0.3, -0.25) is 4.79 Å². The first-order chi connectivity index (χ1) is 19.5. The Hall–Kier alpha value is -3.30. The molecule has 1 aliphatic rings. The average molecular weight is 570 g/mol. The number of benzene rings is 2. The predicted octanol–water partition coefficient (Wildman–Crippen LogP) is 4.99. The number of carbonyl (C=O) groups excluding carboxylic acids is 2. The summed E-state index contributed by atoms with van der Waals surface area (Å²) in [6.07, 6.45) is 0.381. The molecule has 0 unspecified atom stereocenters. The lowest BCUT2D eigenvalue weighted by Gasteiger charge is -2.24. The second-order valence-electron chi connectivity index (χ2n) is 11.7. The van der Waals surface area contributed by atoms with E-state index in [-0.39, 0.29) is 29.9 Å². The fraction of sp³-hybridized carbons (Fsp3) is 0.562. The van der Waals surface area contributed by atoms with Crippen molar-refractivity contribution in [2.45, 2.75) is 65.1 Å². The van der Waals surface area contributed by atoms with Gasteiger partial charge in [0.2, 0.25) is 0 Å². The highest BCUT2D eigenvalue weighted by molar-refractivity contribution is 5.97. The van der Waals surface area contributed by atoms with Crippen molar-refractivity contribution in [1.82, 2.24) is 15.5 Å². The summed E-state index contributed by atoms with van der Waals surface area (Å²) in [5, 5.41) is 6.74. The highest BCUT2D eigenvalue weighted by Gasteiger charge is 2.37. The molecule has 226 valence electrons. The van der Waals surface area contributed by atoms with Gasteiger partial charge < -0.3 is 34.5 Å². The van der Waals surface area contributed by atoms with E-state index in [2.05, 4.69) is 22.8 Å². The molecule has 3 rings (SSSR count). The zero-order valence-corrected chi connectivity index (χ0v) is 25.6. The third kappa shape index (κ3) is 9.36. The van der Waals surface area contributed by atoms with Gasteiger partial charge in [-0.1, -0.05) is 44.2 Å². The predicted molar refractivity (Wildman–Crippen MR) is 160 cm³/mol. The Morgan fingerprint density at radius 2 is 1.76 bits per heavy atom. The van der Waals surface area contributed by atoms with Crippen molar-refractivity contribution in [2.24, 2.45) is 5.92 Å². The second-order valence-corrected chi connectivity index (χ2v) is 11.7. The molecule has 0 aromatic heterocycles. The Morgan fingerprint density at radius 1 is 1.02 bits per heavy atom. The van der Waals surface area contributed by atoms with E-state index in [9.17, 15) is 9.59 Å². The molecular weight excluding hydrogens is 522 g/mol. The van der Waals surface area contributed by atoms with E-state index < -0.39 is 5.60 Å². The number of rotatable bonds is 13. The lowest BCUT2D eigenvalue weighted by Crippen LogP contribution is -2.41. The van der Waals surface area contributed by atoms with E-state index in [1.807, 2.05) is 52.8 Å². The summed E-state index contributed by atoms with van der Waals surface area (Å²) in [4.78, 5) is 28.2. The lowest BCUT2D eigenvalue weighted by molar-refractivity contribution is 0.0286. The smallest absolute Gasteiger partial charge is 0.410 e. The van der Waals surface area contributed by atoms with Crippen LogP contribution in [0.15, 0.2) is 42.5 Å². The molecule has 1 heterocycles. The van der Waals surface area contributed by atoms with Crippen molar-refractivity contribution in [1.29, 1.82) is 0 Å². The third-order valence-electron chi connectivity index (χ3n) is 6.97. The van der Waals surface area contributed by atoms with Gasteiger partial charge in [-0.25, -0.2) is 4.79 Å². The first kappa shape index (κ1) is 32.2. The highest BCUT2D eigenvalue weighted by atomic mass is 16.6. The summed E-state index contributed by atoms with van der Waals surface area (Å²) in [5.74, 6) is 1.02. The number of nitrogens with zero attached hydrogens (tertiary/aromatic N) is 1. The normalized spacial score (nSPS) is 17.0. The number of hydrogen-bond donors (Lipinski definition) is 2. The average Bonchev–Trinajstić information content (AvgIpc) is 3.35. The number of nitrogens with one attached hydrogen (secondary N) is 2. The molecule has 0 aliphatic carbocycles. The van der Waals surface area contributed by atoms with Gasteiger partial charge >= 0.3 is 6.09 Å². The van der Waals surface area contributed by atoms with Crippen molar-refractivity contribution >= 4 is 12.0 Å². The number of amides is 2. The molecule has 0 saturated carbocycles. The minimum Gasteiger partial charge on any atom is -0.493 e. The molecular formula is C32H47N3O6. The molecule has 9 nitrogen and oxygen atoms in total. The Kier molecular flexibility index (Phi) is 11.8. The largest absolute Gasteiger partial charge is 0.493 e. The van der Waals surface area contributed by atoms with Crippen molar-refractivity contribution in [3.63, 3.8) is 0 Å². The fourth-order valence-corrected chi connectivity index (χ4v) is 4.99. The minimum absolute atomic E-state index is 0.000642. The van der Waals surface area contributed by atoms with E-state index in [0.29, 0.717) is 56.5 Å². The van der Waals surface area contributed by atoms with Crippen LogP contribution < -0.4 is 20.1 Å². The van der Waals surface area contributed by atoms with Crippen molar-refractivity contribution in [2.75, 3.05) is 47.1 Å². The van der Waals surface area contributed by atoms with Crippen LogP contribution in [0.3, 0.4) is 0 Å². The number of hydrogen-bond acceptors (Lipinski definition) is 7. The molecule has 0 spiro atoms. The minimum atomic E-state index is -0.582. The molecule has 1 fully saturated rings. The van der Waals surface area contributed by atoms with Crippen LogP contribution in [-0.2, 0) is 16.0 Å². The van der Waals surface area contributed by atoms with Crippen molar-refractivity contribution in [3.05, 3.63) is 59.2 Å². The maximum Gasteiger partial charge on any atom is 0.410 e. The first-order valence-electron chi connectivity index (χ1n) is 14.4. The molecule has 41 heavy (non-hydrogen) atoms. The van der Waals surface area contributed by atoms with Gasteiger partial charge in [-0.15, -0.1) is 0 Å². The summed E-state index contributed by atoms with van der Waals surface area (Å²) in [5.41, 5.74) is 1.93. The molecule has 2 N–H and O–H groups in total. The SMILES string of the molecule is COCCCOc1c(OC)ccc(C(=O)NC[C@H]2CN(C(=O)OC(C)(C)C)C[C@@H]2NCc2ccccc2)c1C(C)C. The van der Waals surface area contributed by atoms with Crippen LogP contribution in [-0.4, -0.2) is 75.6 Å². The van der Waals surface area contributed by atoms with Gasteiger partial charge in [0, 0.05) is 69.4 Å². The zero-order chi connectivity index (χ0) is 30.0. The van der Waals surface area contributed by atoms with Crippen molar-refractivity contribution in [3.8, 4) is 11.5 Å². The van der Waals surface area contributed by atoms with E-state index in [0.717, 1.165) is 17.5 Å². The summed E-state index contributed by atoms with van der Waals surface area (Å²) in [7, 11) is 3.25. The van der Waals surface area contributed by atoms with Gasteiger partial charge in [-0.2, -0.15) is 0 Å².